The van der Waals surface area contributed by atoms with Gasteiger partial charge in [0.1, 0.15) is 0 Å². The summed E-state index contributed by atoms with van der Waals surface area (Å²) in [6.45, 7) is 12.8. The minimum atomic E-state index is -4.08. The summed E-state index contributed by atoms with van der Waals surface area (Å²) >= 11 is 0. The Kier molecular flexibility index (Phi) is 49.7. The third-order valence-corrected chi connectivity index (χ3v) is 14.5. The lowest BCUT2D eigenvalue weighted by Gasteiger charge is -2.28. The largest absolute Gasteiger partial charge is 0.492 e. The molecular formula is C44H105N3O25Si4. The summed E-state index contributed by atoms with van der Waals surface area (Å²) in [5.74, 6) is 0.500. The minimum absolute atomic E-state index is 0.0329. The molecule has 0 aromatic rings. The first kappa shape index (κ1) is 80.0. The van der Waals surface area contributed by atoms with E-state index in [1.165, 1.54) is 6.42 Å². The van der Waals surface area contributed by atoms with Crippen molar-refractivity contribution in [1.29, 1.82) is 0 Å². The van der Waals surface area contributed by atoms with Gasteiger partial charge < -0.3 is 127 Å². The Bertz CT molecular complexity index is 1250. The first-order valence-electron chi connectivity index (χ1n) is 26.3. The zero-order valence-corrected chi connectivity index (χ0v) is 49.8. The zero-order chi connectivity index (χ0) is 58.8. The molecule has 0 amide bonds. The number of aliphatic hydroxyl groups is 8. The van der Waals surface area contributed by atoms with Crippen LogP contribution < -0.4 is 5.32 Å². The van der Waals surface area contributed by atoms with Gasteiger partial charge in [0.15, 0.2) is 0 Å². The van der Waals surface area contributed by atoms with Crippen molar-refractivity contribution in [3.05, 3.63) is 0 Å². The summed E-state index contributed by atoms with van der Waals surface area (Å²) in [5, 5.41) is 81.1. The number of hydrogen-bond donors (Lipinski definition) is 21. The van der Waals surface area contributed by atoms with E-state index in [0.29, 0.717) is 38.6 Å². The fourth-order valence-corrected chi connectivity index (χ4v) is 9.38. The van der Waals surface area contributed by atoms with Crippen LogP contribution in [0.3, 0.4) is 0 Å². The molecule has 0 aliphatic carbocycles. The number of aliphatic hydroxyl groups excluding tert-OH is 8. The second kappa shape index (κ2) is 47.3. The Morgan fingerprint density at radius 3 is 0.934 bits per heavy atom. The molecule has 0 saturated heterocycles. The Morgan fingerprint density at radius 1 is 0.368 bits per heavy atom. The molecule has 462 valence electrons. The lowest BCUT2D eigenvalue weighted by atomic mass is 10.0. The van der Waals surface area contributed by atoms with Crippen molar-refractivity contribution in [2.24, 2.45) is 5.92 Å². The third kappa shape index (κ3) is 64.6. The summed E-state index contributed by atoms with van der Waals surface area (Å²) in [6, 6.07) is -0.479. The number of ether oxygens (including phenoxy) is 5. The molecule has 0 aromatic heterocycles. The van der Waals surface area contributed by atoms with Gasteiger partial charge in [-0.25, -0.2) is 0 Å². The van der Waals surface area contributed by atoms with Gasteiger partial charge in [-0.3, -0.25) is 9.80 Å². The monoisotopic (exact) mass is 1190 g/mol. The normalized spacial score (nSPS) is 16.3. The molecule has 28 nitrogen and oxygen atoms in total. The zero-order valence-electron chi connectivity index (χ0n) is 45.8. The van der Waals surface area contributed by atoms with Crippen molar-refractivity contribution in [3.63, 3.8) is 0 Å². The highest BCUT2D eigenvalue weighted by atomic mass is 28.4. The maximum absolute atomic E-state index is 10.3. The highest BCUT2D eigenvalue weighted by Gasteiger charge is 2.28. The van der Waals surface area contributed by atoms with Gasteiger partial charge in [0.05, 0.1) is 81.9 Å². The average molecular weight is 1190 g/mol. The van der Waals surface area contributed by atoms with Crippen LogP contribution in [0.2, 0.25) is 24.2 Å². The summed E-state index contributed by atoms with van der Waals surface area (Å²) in [4.78, 5) is 110. The fraction of sp³-hybridized carbons (Fsp3) is 1.00. The first-order chi connectivity index (χ1) is 35.2. The number of nitrogens with zero attached hydrogens (tertiary/aromatic N) is 2. The lowest BCUT2D eigenvalue weighted by Crippen LogP contribution is -2.44. The van der Waals surface area contributed by atoms with Crippen molar-refractivity contribution < 1.29 is 122 Å². The van der Waals surface area contributed by atoms with Crippen molar-refractivity contribution in [1.82, 2.24) is 15.1 Å². The van der Waals surface area contributed by atoms with Crippen molar-refractivity contribution in [2.75, 3.05) is 118 Å². The Labute approximate surface area is 454 Å². The van der Waals surface area contributed by atoms with Gasteiger partial charge in [-0.15, -0.1) is 0 Å². The third-order valence-electron chi connectivity index (χ3n) is 10.4. The molecule has 0 saturated carbocycles. The molecule has 9 unspecified atom stereocenters. The topological polar surface area (TPSA) is 469 Å². The van der Waals surface area contributed by atoms with E-state index in [1.54, 1.807) is 30.6 Å². The van der Waals surface area contributed by atoms with E-state index in [0.717, 1.165) is 19.3 Å². The number of rotatable bonds is 48. The van der Waals surface area contributed by atoms with Crippen LogP contribution in [-0.4, -0.2) is 311 Å². The predicted molar refractivity (Wildman–Crippen MR) is 286 cm³/mol. The molecule has 0 aliphatic heterocycles. The molecule has 0 aromatic carbocycles. The van der Waals surface area contributed by atoms with Crippen LogP contribution in [0.1, 0.15) is 86.0 Å². The minimum Gasteiger partial charge on any atom is -0.392 e. The quantitative estimate of drug-likeness (QED) is 0.0199. The number of hydrogen-bond acceptors (Lipinski definition) is 28. The van der Waals surface area contributed by atoms with Crippen LogP contribution in [0.5, 0.6) is 0 Å². The van der Waals surface area contributed by atoms with Crippen LogP contribution in [-0.2, 0) is 23.7 Å². The van der Waals surface area contributed by atoms with Crippen LogP contribution in [0.15, 0.2) is 0 Å². The molecule has 0 rings (SSSR count). The average Bonchev–Trinajstić information content (AvgIpc) is 3.25. The maximum atomic E-state index is 10.3. The molecule has 0 heterocycles. The van der Waals surface area contributed by atoms with E-state index in [4.69, 9.17) is 86.3 Å². The van der Waals surface area contributed by atoms with E-state index < -0.39 is 84.0 Å². The maximum Gasteiger partial charge on any atom is 0.492 e. The molecule has 0 spiro atoms. The van der Waals surface area contributed by atoms with Crippen LogP contribution in [0, 0.1) is 5.92 Å². The molecule has 76 heavy (non-hydrogen) atoms. The van der Waals surface area contributed by atoms with E-state index in [1.807, 2.05) is 0 Å². The van der Waals surface area contributed by atoms with Crippen molar-refractivity contribution >= 4 is 35.2 Å². The molecular weight excluding hydrogens is 1080 g/mol. The highest BCUT2D eigenvalue weighted by molar-refractivity contribution is 6.57. The Morgan fingerprint density at radius 2 is 0.671 bits per heavy atom. The molecule has 9 atom stereocenters. The molecule has 0 radical (unpaired) electrons. The van der Waals surface area contributed by atoms with E-state index in [-0.39, 0.29) is 136 Å². The van der Waals surface area contributed by atoms with E-state index >= 15 is 0 Å². The molecule has 0 bridgehead atoms. The van der Waals surface area contributed by atoms with Gasteiger partial charge in [-0.1, -0.05) is 33.1 Å². The van der Waals surface area contributed by atoms with Crippen molar-refractivity contribution in [3.8, 4) is 0 Å². The van der Waals surface area contributed by atoms with Crippen LogP contribution in [0.25, 0.3) is 0 Å². The highest BCUT2D eigenvalue weighted by Crippen LogP contribution is 2.13. The van der Waals surface area contributed by atoms with Crippen molar-refractivity contribution in [2.45, 2.75) is 159 Å². The smallest absolute Gasteiger partial charge is 0.392 e. The summed E-state index contributed by atoms with van der Waals surface area (Å²) in [5.41, 5.74) is 0. The predicted octanol–water partition coefficient (Wildman–Crippen LogP) is -6.38. The molecule has 0 aliphatic rings. The van der Waals surface area contributed by atoms with Gasteiger partial charge in [0, 0.05) is 110 Å². The summed E-state index contributed by atoms with van der Waals surface area (Å²) < 4.78 is 26.5. The Hall–Kier alpha value is -0.252. The van der Waals surface area contributed by atoms with E-state index in [9.17, 15) is 35.7 Å². The van der Waals surface area contributed by atoms with E-state index in [2.05, 4.69) is 19.2 Å². The summed E-state index contributed by atoms with van der Waals surface area (Å²) in [6.07, 6.45) is -0.180. The number of nitrogens with one attached hydrogen (secondary N) is 1. The summed E-state index contributed by atoms with van der Waals surface area (Å²) in [7, 11) is -16.1. The van der Waals surface area contributed by atoms with Crippen LogP contribution >= 0.6 is 0 Å². The standard InChI is InChI=1S/C20H45NO8Si.C15H37NO11Si2.C9H23NO6Si/c1-4-6-8-18(5-2)14-29-16-20(24)13-21(11-17(3)22)12-19(23)15-28-9-7-10-30(25,26)27;1-13(17)8-16(9-14(18)11-26-4-2-6-28(20,21)22)10-15(19)12-27-5-3-7-29(23,24)25;1-8(11)5-10-6-9(12)7-16-3-2-4-17(13,14)15/h17-20,22-27H,4-16H2,1-3H3;13-15,17-25H,2-12H2,1H3;8-15H,2-7H2,1H3. The molecule has 21 N–H and O–H groups in total. The molecule has 0 fully saturated rings. The van der Waals surface area contributed by atoms with Gasteiger partial charge in [0.2, 0.25) is 0 Å². The van der Waals surface area contributed by atoms with Gasteiger partial charge in [-0.05, 0) is 58.8 Å². The van der Waals surface area contributed by atoms with Gasteiger partial charge in [-0.2, -0.15) is 0 Å². The fourth-order valence-electron chi connectivity index (χ4n) is 6.91. The lowest BCUT2D eigenvalue weighted by molar-refractivity contribution is -0.0236. The van der Waals surface area contributed by atoms with Gasteiger partial charge in [0.25, 0.3) is 0 Å². The Balaban J connectivity index is -0.00000109. The second-order valence-corrected chi connectivity index (χ2v) is 27.9. The number of unbranched alkanes of at least 4 members (excludes halogenated alkanes) is 1. The van der Waals surface area contributed by atoms with Crippen LogP contribution in [0.4, 0.5) is 0 Å². The second-order valence-electron chi connectivity index (χ2n) is 19.7. The molecule has 32 heteroatoms. The first-order valence-corrected chi connectivity index (χ1v) is 34.5. The van der Waals surface area contributed by atoms with Gasteiger partial charge >= 0.3 is 35.2 Å². The SMILES string of the molecule is CC(O)CN(CC(O)COCCC[Si](O)(O)O)CC(O)COCCC[Si](O)(O)O.CC(O)CNCC(O)COCCC[Si](O)(O)O.CCCCC(CC)COCC(O)CN(CC(C)O)CC(O)COCCC[Si](O)(O)O.